The van der Waals surface area contributed by atoms with E-state index in [2.05, 4.69) is 24.0 Å². The highest BCUT2D eigenvalue weighted by Gasteiger charge is 2.22. The first-order valence-corrected chi connectivity index (χ1v) is 10.9. The van der Waals surface area contributed by atoms with E-state index in [4.69, 9.17) is 16.1 Å². The second-order valence-corrected chi connectivity index (χ2v) is 9.38. The first kappa shape index (κ1) is 20.5. The molecule has 0 radical (unpaired) electrons. The Balaban J connectivity index is 1.71. The summed E-state index contributed by atoms with van der Waals surface area (Å²) in [7, 11) is -2.10. The fourth-order valence-electron chi connectivity index (χ4n) is 2.66. The summed E-state index contributed by atoms with van der Waals surface area (Å²) in [6.07, 6.45) is 0. The zero-order valence-corrected chi connectivity index (χ0v) is 17.5. The predicted octanol–water partition coefficient (Wildman–Crippen LogP) is 4.48. The van der Waals surface area contributed by atoms with Gasteiger partial charge in [0, 0.05) is 17.6 Å². The summed E-state index contributed by atoms with van der Waals surface area (Å²) in [6.45, 7) is 4.24. The lowest BCUT2D eigenvalue weighted by molar-refractivity contribution is 0.336. The molecular formula is C20H22ClN3O3S. The summed E-state index contributed by atoms with van der Waals surface area (Å²) in [5, 5.41) is 4.39. The fraction of sp³-hybridized carbons (Fsp3) is 0.300. The summed E-state index contributed by atoms with van der Waals surface area (Å²) in [5.41, 5.74) is 2.59. The molecule has 0 aliphatic heterocycles. The third-order valence-corrected chi connectivity index (χ3v) is 6.56. The maximum absolute atomic E-state index is 12.6. The molecule has 0 unspecified atom stereocenters. The van der Waals surface area contributed by atoms with Crippen molar-refractivity contribution in [2.24, 2.45) is 0 Å². The zero-order chi connectivity index (χ0) is 20.3. The molecule has 0 fully saturated rings. The molecule has 3 rings (SSSR count). The fourth-order valence-corrected chi connectivity index (χ4v) is 4.12. The van der Waals surface area contributed by atoms with Crippen molar-refractivity contribution >= 4 is 21.6 Å². The Bertz CT molecular complexity index is 1050. The van der Waals surface area contributed by atoms with Crippen molar-refractivity contribution in [2.45, 2.75) is 32.1 Å². The minimum absolute atomic E-state index is 0.0101. The van der Waals surface area contributed by atoms with Crippen molar-refractivity contribution < 1.29 is 12.9 Å². The molecule has 0 aliphatic rings. The molecule has 0 saturated heterocycles. The maximum atomic E-state index is 12.6. The van der Waals surface area contributed by atoms with Gasteiger partial charge < -0.3 is 4.52 Å². The lowest BCUT2D eigenvalue weighted by Gasteiger charge is -2.15. The third-order valence-electron chi connectivity index (χ3n) is 4.43. The smallest absolute Gasteiger partial charge is 0.242 e. The van der Waals surface area contributed by atoms with E-state index in [1.165, 1.54) is 16.9 Å². The van der Waals surface area contributed by atoms with Gasteiger partial charge in [0.25, 0.3) is 0 Å². The molecule has 0 atom stereocenters. The topological polar surface area (TPSA) is 76.3 Å². The van der Waals surface area contributed by atoms with Crippen LogP contribution >= 0.6 is 11.6 Å². The number of rotatable bonds is 7. The largest absolute Gasteiger partial charge is 0.338 e. The number of halogens is 1. The highest BCUT2D eigenvalue weighted by molar-refractivity contribution is 7.88. The normalized spacial score (nSPS) is 12.1. The van der Waals surface area contributed by atoms with E-state index < -0.39 is 10.0 Å². The SMILES string of the molecule is CC(C)c1ccc(-c2noc(CN(C)S(=O)(=O)Cc3ccccc3Cl)n2)cc1. The van der Waals surface area contributed by atoms with Gasteiger partial charge in [-0.05, 0) is 23.1 Å². The van der Waals surface area contributed by atoms with Gasteiger partial charge in [0.2, 0.25) is 21.7 Å². The van der Waals surface area contributed by atoms with Crippen molar-refractivity contribution in [1.29, 1.82) is 0 Å². The van der Waals surface area contributed by atoms with Crippen LogP contribution in [0.15, 0.2) is 53.1 Å². The van der Waals surface area contributed by atoms with E-state index in [1.807, 2.05) is 24.3 Å². The molecule has 6 nitrogen and oxygen atoms in total. The number of sulfonamides is 1. The highest BCUT2D eigenvalue weighted by Crippen LogP contribution is 2.22. The standard InChI is InChI=1S/C20H22ClN3O3S/c1-14(2)15-8-10-16(11-9-15)20-22-19(27-23-20)12-24(3)28(25,26)13-17-6-4-5-7-18(17)21/h4-11,14H,12-13H2,1-3H3. The van der Waals surface area contributed by atoms with Crippen molar-refractivity contribution in [2.75, 3.05) is 7.05 Å². The lowest BCUT2D eigenvalue weighted by atomic mass is 10.0. The van der Waals surface area contributed by atoms with Crippen LogP contribution in [0.2, 0.25) is 5.02 Å². The van der Waals surface area contributed by atoms with Gasteiger partial charge in [0.1, 0.15) is 0 Å². The minimum atomic E-state index is -3.58. The van der Waals surface area contributed by atoms with Crippen molar-refractivity contribution in [3.63, 3.8) is 0 Å². The Labute approximate surface area is 170 Å². The number of hydrogen-bond acceptors (Lipinski definition) is 5. The molecular weight excluding hydrogens is 398 g/mol. The Hall–Kier alpha value is -2.22. The lowest BCUT2D eigenvalue weighted by Crippen LogP contribution is -2.28. The summed E-state index contributed by atoms with van der Waals surface area (Å²) < 4.78 is 31.7. The second-order valence-electron chi connectivity index (χ2n) is 6.89. The van der Waals surface area contributed by atoms with Crippen molar-refractivity contribution in [3.8, 4) is 11.4 Å². The van der Waals surface area contributed by atoms with E-state index in [0.717, 1.165) is 5.56 Å². The summed E-state index contributed by atoms with van der Waals surface area (Å²) in [4.78, 5) is 4.32. The van der Waals surface area contributed by atoms with Crippen molar-refractivity contribution in [1.82, 2.24) is 14.4 Å². The Morgan fingerprint density at radius 2 is 1.79 bits per heavy atom. The van der Waals surface area contributed by atoms with Gasteiger partial charge in [-0.2, -0.15) is 9.29 Å². The van der Waals surface area contributed by atoms with Crippen LogP contribution in [0.25, 0.3) is 11.4 Å². The third kappa shape index (κ3) is 4.79. The Morgan fingerprint density at radius 3 is 2.43 bits per heavy atom. The molecule has 1 heterocycles. The molecule has 2 aromatic carbocycles. The van der Waals surface area contributed by atoms with E-state index in [-0.39, 0.29) is 18.2 Å². The highest BCUT2D eigenvalue weighted by atomic mass is 35.5. The molecule has 0 saturated carbocycles. The molecule has 0 N–H and O–H groups in total. The van der Waals surface area contributed by atoms with Crippen LogP contribution in [0.5, 0.6) is 0 Å². The summed E-state index contributed by atoms with van der Waals surface area (Å²) in [5.74, 6) is 0.906. The molecule has 1 aromatic heterocycles. The van der Waals surface area contributed by atoms with Crippen LogP contribution < -0.4 is 0 Å². The number of hydrogen-bond donors (Lipinski definition) is 0. The molecule has 0 bridgehead atoms. The summed E-state index contributed by atoms with van der Waals surface area (Å²) in [6, 6.07) is 14.8. The van der Waals surface area contributed by atoms with Crippen LogP contribution in [0.3, 0.4) is 0 Å². The van der Waals surface area contributed by atoms with Gasteiger partial charge in [-0.1, -0.05) is 73.1 Å². The molecule has 28 heavy (non-hydrogen) atoms. The molecule has 0 aliphatic carbocycles. The quantitative estimate of drug-likeness (QED) is 0.564. The maximum Gasteiger partial charge on any atom is 0.242 e. The van der Waals surface area contributed by atoms with Crippen LogP contribution in [0.4, 0.5) is 0 Å². The van der Waals surface area contributed by atoms with Gasteiger partial charge >= 0.3 is 0 Å². The Morgan fingerprint density at radius 1 is 1.11 bits per heavy atom. The summed E-state index contributed by atoms with van der Waals surface area (Å²) >= 11 is 6.07. The monoisotopic (exact) mass is 419 g/mol. The van der Waals surface area contributed by atoms with Gasteiger partial charge in [-0.25, -0.2) is 8.42 Å². The first-order chi connectivity index (χ1) is 13.3. The van der Waals surface area contributed by atoms with E-state index in [1.54, 1.807) is 24.3 Å². The zero-order valence-electron chi connectivity index (χ0n) is 16.0. The van der Waals surface area contributed by atoms with Crippen molar-refractivity contribution in [3.05, 3.63) is 70.6 Å². The Kier molecular flexibility index (Phi) is 6.17. The average molecular weight is 420 g/mol. The molecule has 8 heteroatoms. The van der Waals surface area contributed by atoms with Crippen LogP contribution in [0, 0.1) is 0 Å². The molecule has 3 aromatic rings. The molecule has 0 amide bonds. The second kappa shape index (κ2) is 8.43. The minimum Gasteiger partial charge on any atom is -0.338 e. The number of nitrogens with zero attached hydrogens (tertiary/aromatic N) is 3. The van der Waals surface area contributed by atoms with Gasteiger partial charge in [0.05, 0.1) is 12.3 Å². The van der Waals surface area contributed by atoms with Crippen LogP contribution in [0.1, 0.15) is 36.8 Å². The van der Waals surface area contributed by atoms with Crippen LogP contribution in [-0.2, 0) is 22.3 Å². The number of aromatic nitrogens is 2. The van der Waals surface area contributed by atoms with Gasteiger partial charge in [-0.3, -0.25) is 0 Å². The van der Waals surface area contributed by atoms with Gasteiger partial charge in [-0.15, -0.1) is 0 Å². The van der Waals surface area contributed by atoms with E-state index in [9.17, 15) is 8.42 Å². The number of benzene rings is 2. The van der Waals surface area contributed by atoms with E-state index >= 15 is 0 Å². The van der Waals surface area contributed by atoms with Crippen LogP contribution in [-0.4, -0.2) is 29.9 Å². The molecule has 0 spiro atoms. The molecule has 148 valence electrons. The van der Waals surface area contributed by atoms with Gasteiger partial charge in [0.15, 0.2) is 0 Å². The van der Waals surface area contributed by atoms with E-state index in [0.29, 0.717) is 22.3 Å². The predicted molar refractivity (Wildman–Crippen MR) is 109 cm³/mol. The first-order valence-electron chi connectivity index (χ1n) is 8.86. The average Bonchev–Trinajstić information content (AvgIpc) is 3.12.